The van der Waals surface area contributed by atoms with Crippen LogP contribution in [0, 0.1) is 0 Å². The van der Waals surface area contributed by atoms with Gasteiger partial charge in [-0.15, -0.1) is 0 Å². The van der Waals surface area contributed by atoms with Gasteiger partial charge in [0.25, 0.3) is 11.8 Å². The van der Waals surface area contributed by atoms with Crippen molar-refractivity contribution in [1.29, 1.82) is 0 Å². The standard InChI is InChI=1S/C24H30N4O2/c29-23(17-27-13-9-19-5-1-3-7-21(19)15-27)25-11-12-26-24(30)18-28-14-10-20-6-2-4-8-22(20)16-28/h1-8H,9-18H2,(H,25,29)(H,26,30)/p+2. The second-order valence-corrected chi connectivity index (χ2v) is 8.44. The Kier molecular flexibility index (Phi) is 6.77. The zero-order valence-corrected chi connectivity index (χ0v) is 17.5. The maximum Gasteiger partial charge on any atom is 0.275 e. The van der Waals surface area contributed by atoms with E-state index in [1.165, 1.54) is 32.1 Å². The lowest BCUT2D eigenvalue weighted by Crippen LogP contribution is -3.13. The summed E-state index contributed by atoms with van der Waals surface area (Å²) in [5.41, 5.74) is 5.51. The third kappa shape index (κ3) is 5.46. The second kappa shape index (κ2) is 9.87. The smallest absolute Gasteiger partial charge is 0.275 e. The molecule has 2 aliphatic heterocycles. The SMILES string of the molecule is O=C(C[NH+]1CCc2ccccc2C1)NCCNC(=O)C[NH+]1CCc2ccccc2C1. The predicted molar refractivity (Wildman–Crippen MR) is 115 cm³/mol. The van der Waals surface area contributed by atoms with E-state index in [1.54, 1.807) is 0 Å². The summed E-state index contributed by atoms with van der Waals surface area (Å²) < 4.78 is 0. The van der Waals surface area contributed by atoms with Gasteiger partial charge in [0.15, 0.2) is 13.1 Å². The van der Waals surface area contributed by atoms with Gasteiger partial charge < -0.3 is 20.4 Å². The van der Waals surface area contributed by atoms with E-state index in [2.05, 4.69) is 59.2 Å². The molecule has 0 radical (unpaired) electrons. The van der Waals surface area contributed by atoms with Crippen LogP contribution in [-0.2, 0) is 35.5 Å². The second-order valence-electron chi connectivity index (χ2n) is 8.44. The van der Waals surface area contributed by atoms with E-state index in [0.717, 1.165) is 39.0 Å². The van der Waals surface area contributed by atoms with Gasteiger partial charge in [-0.3, -0.25) is 9.59 Å². The number of nitrogens with one attached hydrogen (secondary N) is 4. The Morgan fingerprint density at radius 1 is 0.667 bits per heavy atom. The molecule has 0 saturated carbocycles. The van der Waals surface area contributed by atoms with Crippen LogP contribution >= 0.6 is 0 Å². The van der Waals surface area contributed by atoms with Crippen molar-refractivity contribution in [2.24, 2.45) is 0 Å². The van der Waals surface area contributed by atoms with Gasteiger partial charge >= 0.3 is 0 Å². The van der Waals surface area contributed by atoms with Crippen LogP contribution < -0.4 is 20.4 Å². The topological polar surface area (TPSA) is 67.1 Å². The molecule has 2 atom stereocenters. The van der Waals surface area contributed by atoms with E-state index < -0.39 is 0 Å². The largest absolute Gasteiger partial charge is 0.349 e. The third-order valence-corrected chi connectivity index (χ3v) is 6.20. The summed E-state index contributed by atoms with van der Waals surface area (Å²) in [4.78, 5) is 27.1. The number of amides is 2. The summed E-state index contributed by atoms with van der Waals surface area (Å²) >= 11 is 0. The van der Waals surface area contributed by atoms with Crippen molar-refractivity contribution >= 4 is 11.8 Å². The van der Waals surface area contributed by atoms with Crippen molar-refractivity contribution in [1.82, 2.24) is 10.6 Å². The lowest BCUT2D eigenvalue weighted by Gasteiger charge is -2.25. The van der Waals surface area contributed by atoms with Gasteiger partial charge in [-0.1, -0.05) is 48.5 Å². The number of hydrogen-bond donors (Lipinski definition) is 4. The molecule has 6 heteroatoms. The van der Waals surface area contributed by atoms with Crippen molar-refractivity contribution in [3.05, 3.63) is 70.8 Å². The van der Waals surface area contributed by atoms with E-state index in [0.29, 0.717) is 26.2 Å². The average Bonchev–Trinajstić information content (AvgIpc) is 2.76. The summed E-state index contributed by atoms with van der Waals surface area (Å²) in [6.45, 7) is 5.72. The van der Waals surface area contributed by atoms with Gasteiger partial charge in [0.1, 0.15) is 13.1 Å². The Balaban J connectivity index is 1.11. The summed E-state index contributed by atoms with van der Waals surface area (Å²) in [7, 11) is 0. The highest BCUT2D eigenvalue weighted by molar-refractivity contribution is 5.78. The fourth-order valence-corrected chi connectivity index (χ4v) is 4.57. The zero-order chi connectivity index (χ0) is 20.8. The Morgan fingerprint density at radius 3 is 1.50 bits per heavy atom. The van der Waals surface area contributed by atoms with E-state index >= 15 is 0 Å². The molecule has 2 amide bonds. The first-order valence-electron chi connectivity index (χ1n) is 11.0. The van der Waals surface area contributed by atoms with Crippen LogP contribution in [0.2, 0.25) is 0 Å². The zero-order valence-electron chi connectivity index (χ0n) is 17.5. The molecule has 2 aliphatic rings. The van der Waals surface area contributed by atoms with Crippen LogP contribution in [-0.4, -0.2) is 51.1 Å². The Hall–Kier alpha value is -2.70. The van der Waals surface area contributed by atoms with Crippen LogP contribution in [0.3, 0.4) is 0 Å². The lowest BCUT2D eigenvalue weighted by molar-refractivity contribution is -0.908. The normalized spacial score (nSPS) is 20.0. The van der Waals surface area contributed by atoms with Crippen LogP contribution in [0.15, 0.2) is 48.5 Å². The number of benzene rings is 2. The molecule has 0 bridgehead atoms. The fraction of sp³-hybridized carbons (Fsp3) is 0.417. The molecule has 2 heterocycles. The molecule has 2 aromatic rings. The maximum absolute atomic E-state index is 12.3. The first-order valence-corrected chi connectivity index (χ1v) is 11.0. The quantitative estimate of drug-likeness (QED) is 0.422. The van der Waals surface area contributed by atoms with Crippen LogP contribution in [0.1, 0.15) is 22.3 Å². The van der Waals surface area contributed by atoms with Crippen LogP contribution in [0.4, 0.5) is 0 Å². The minimum Gasteiger partial charge on any atom is -0.349 e. The minimum atomic E-state index is 0.0527. The number of carbonyl (C=O) groups is 2. The highest BCUT2D eigenvalue weighted by atomic mass is 16.2. The van der Waals surface area contributed by atoms with Crippen molar-refractivity contribution in [2.75, 3.05) is 39.3 Å². The molecule has 30 heavy (non-hydrogen) atoms. The van der Waals surface area contributed by atoms with Crippen molar-refractivity contribution in [2.45, 2.75) is 25.9 Å². The van der Waals surface area contributed by atoms with E-state index in [1.807, 2.05) is 0 Å². The summed E-state index contributed by atoms with van der Waals surface area (Å²) in [6, 6.07) is 17.0. The third-order valence-electron chi connectivity index (χ3n) is 6.20. The Labute approximate surface area is 178 Å². The van der Waals surface area contributed by atoms with Crippen molar-refractivity contribution in [3.8, 4) is 0 Å². The Bertz CT molecular complexity index is 825. The molecular formula is C24H32N4O2+2. The molecule has 158 valence electrons. The first kappa shape index (κ1) is 20.6. The fourth-order valence-electron chi connectivity index (χ4n) is 4.57. The molecular weight excluding hydrogens is 376 g/mol. The predicted octanol–water partition coefficient (Wildman–Crippen LogP) is -1.50. The molecule has 0 saturated heterocycles. The molecule has 0 aliphatic carbocycles. The summed E-state index contributed by atoms with van der Waals surface area (Å²) in [6.07, 6.45) is 2.05. The van der Waals surface area contributed by atoms with E-state index in [-0.39, 0.29) is 11.8 Å². The van der Waals surface area contributed by atoms with Gasteiger partial charge in [-0.25, -0.2) is 0 Å². The number of rotatable bonds is 7. The Morgan fingerprint density at radius 2 is 1.07 bits per heavy atom. The monoisotopic (exact) mass is 408 g/mol. The minimum absolute atomic E-state index is 0.0527. The van der Waals surface area contributed by atoms with Gasteiger partial charge in [0, 0.05) is 37.1 Å². The van der Waals surface area contributed by atoms with Gasteiger partial charge in [0.2, 0.25) is 0 Å². The molecule has 2 unspecified atom stereocenters. The average molecular weight is 409 g/mol. The van der Waals surface area contributed by atoms with E-state index in [4.69, 9.17) is 0 Å². The number of fused-ring (bicyclic) bond motifs is 2. The number of quaternary nitrogens is 2. The van der Waals surface area contributed by atoms with Gasteiger partial charge in [0.05, 0.1) is 13.1 Å². The molecule has 0 spiro atoms. The molecule has 4 rings (SSSR count). The first-order chi connectivity index (χ1) is 14.7. The highest BCUT2D eigenvalue weighted by Gasteiger charge is 2.22. The van der Waals surface area contributed by atoms with Gasteiger partial charge in [-0.05, 0) is 11.1 Å². The number of hydrogen-bond acceptors (Lipinski definition) is 2. The maximum atomic E-state index is 12.3. The van der Waals surface area contributed by atoms with Gasteiger partial charge in [-0.2, -0.15) is 0 Å². The van der Waals surface area contributed by atoms with Crippen molar-refractivity contribution in [3.63, 3.8) is 0 Å². The van der Waals surface area contributed by atoms with E-state index in [9.17, 15) is 9.59 Å². The highest BCUT2D eigenvalue weighted by Crippen LogP contribution is 2.11. The summed E-state index contributed by atoms with van der Waals surface area (Å²) in [5, 5.41) is 5.89. The van der Waals surface area contributed by atoms with Crippen molar-refractivity contribution < 1.29 is 19.4 Å². The summed E-state index contributed by atoms with van der Waals surface area (Å²) in [5.74, 6) is 0.105. The molecule has 6 nitrogen and oxygen atoms in total. The molecule has 4 N–H and O–H groups in total. The lowest BCUT2D eigenvalue weighted by atomic mass is 10.00. The van der Waals surface area contributed by atoms with Crippen LogP contribution in [0.25, 0.3) is 0 Å². The molecule has 0 aromatic heterocycles. The molecule has 0 fully saturated rings. The van der Waals surface area contributed by atoms with Crippen LogP contribution in [0.5, 0.6) is 0 Å². The molecule has 2 aromatic carbocycles. The number of carbonyl (C=O) groups excluding carboxylic acids is 2.